The minimum atomic E-state index is -1.17. The second-order valence-corrected chi connectivity index (χ2v) is 9.55. The number of allylic oxidation sites excluding steroid dienone is 6. The summed E-state index contributed by atoms with van der Waals surface area (Å²) < 4.78 is 21.5. The maximum atomic E-state index is 13.1. The van der Waals surface area contributed by atoms with Crippen LogP contribution < -0.4 is 0 Å². The number of cyclic esters (lactones) is 1. The number of hydrogen-bond donors (Lipinski definition) is 1. The lowest BCUT2D eigenvalue weighted by atomic mass is 9.86. The first-order valence-electron chi connectivity index (χ1n) is 12.2. The van der Waals surface area contributed by atoms with E-state index in [-0.39, 0.29) is 23.4 Å². The Balaban J connectivity index is 3.55. The largest absolute Gasteiger partial charge is 0.490 e. The number of ether oxygens (including phenoxy) is 4. The number of aliphatic hydroxyl groups is 1. The highest BCUT2D eigenvalue weighted by Crippen LogP contribution is 2.26. The third kappa shape index (κ3) is 8.75. The van der Waals surface area contributed by atoms with E-state index in [0.717, 1.165) is 5.57 Å². The average molecular weight is 507 g/mol. The third-order valence-corrected chi connectivity index (χ3v) is 6.52. The van der Waals surface area contributed by atoms with E-state index >= 15 is 0 Å². The van der Waals surface area contributed by atoms with Gasteiger partial charge in [0.1, 0.15) is 18.0 Å². The molecule has 8 heteroatoms. The van der Waals surface area contributed by atoms with Gasteiger partial charge in [-0.1, -0.05) is 56.2 Å². The lowest BCUT2D eigenvalue weighted by molar-refractivity contribution is -0.164. The fourth-order valence-electron chi connectivity index (χ4n) is 4.31. The first-order chi connectivity index (χ1) is 16.9. The Morgan fingerprint density at radius 1 is 1.14 bits per heavy atom. The number of ketones is 1. The van der Waals surface area contributed by atoms with Crippen LogP contribution in [0.2, 0.25) is 0 Å². The van der Waals surface area contributed by atoms with Crippen LogP contribution in [0.1, 0.15) is 48.0 Å². The van der Waals surface area contributed by atoms with Crippen LogP contribution in [0, 0.1) is 23.7 Å². The summed E-state index contributed by atoms with van der Waals surface area (Å²) in [6.45, 7) is 10.7. The topological polar surface area (TPSA) is 108 Å². The fourth-order valence-corrected chi connectivity index (χ4v) is 4.31. The Bertz CT molecular complexity index is 897. The van der Waals surface area contributed by atoms with Gasteiger partial charge in [0.25, 0.3) is 0 Å². The predicted molar refractivity (Wildman–Crippen MR) is 137 cm³/mol. The highest BCUT2D eigenvalue weighted by molar-refractivity contribution is 5.87. The maximum Gasteiger partial charge on any atom is 0.373 e. The van der Waals surface area contributed by atoms with E-state index in [2.05, 4.69) is 0 Å². The van der Waals surface area contributed by atoms with Crippen LogP contribution in [-0.4, -0.2) is 62.5 Å². The van der Waals surface area contributed by atoms with Gasteiger partial charge in [-0.15, -0.1) is 0 Å². The van der Waals surface area contributed by atoms with Gasteiger partial charge in [-0.25, -0.2) is 4.79 Å². The summed E-state index contributed by atoms with van der Waals surface area (Å²) >= 11 is 0. The minimum absolute atomic E-state index is 0.0641. The van der Waals surface area contributed by atoms with E-state index in [1.54, 1.807) is 39.0 Å². The molecule has 36 heavy (non-hydrogen) atoms. The predicted octanol–water partition coefficient (Wildman–Crippen LogP) is 3.94. The van der Waals surface area contributed by atoms with Crippen LogP contribution >= 0.6 is 0 Å². The summed E-state index contributed by atoms with van der Waals surface area (Å²) in [5.74, 6) is -3.38. The number of hydrogen-bond acceptors (Lipinski definition) is 8. The second-order valence-electron chi connectivity index (χ2n) is 9.55. The number of methoxy groups -OCH3 is 3. The zero-order valence-corrected chi connectivity index (χ0v) is 22.9. The molecule has 0 spiro atoms. The first kappa shape index (κ1) is 31.3. The van der Waals surface area contributed by atoms with Crippen molar-refractivity contribution in [3.05, 3.63) is 47.3 Å². The molecule has 0 unspecified atom stereocenters. The van der Waals surface area contributed by atoms with Crippen molar-refractivity contribution < 1.29 is 38.4 Å². The van der Waals surface area contributed by atoms with Gasteiger partial charge >= 0.3 is 11.9 Å². The molecular formula is C28H42O8. The summed E-state index contributed by atoms with van der Waals surface area (Å²) in [7, 11) is 4.07. The van der Waals surface area contributed by atoms with Crippen molar-refractivity contribution in [1.82, 2.24) is 0 Å². The van der Waals surface area contributed by atoms with E-state index < -0.39 is 42.1 Å². The van der Waals surface area contributed by atoms with Gasteiger partial charge in [-0.3, -0.25) is 9.59 Å². The second kappa shape index (κ2) is 14.8. The average Bonchev–Trinajstić information content (AvgIpc) is 2.85. The first-order valence-corrected chi connectivity index (χ1v) is 12.2. The number of Topliss-reactive ketones (excluding diaryl/α,β-unsaturated/α-hetero) is 1. The third-order valence-electron chi connectivity index (χ3n) is 6.52. The molecule has 1 N–H and O–H groups in total. The molecule has 0 bridgehead atoms. The van der Waals surface area contributed by atoms with Crippen molar-refractivity contribution in [3.63, 3.8) is 0 Å². The molecule has 0 aromatic carbocycles. The highest BCUT2D eigenvalue weighted by atomic mass is 16.6. The normalized spacial score (nSPS) is 32.3. The van der Waals surface area contributed by atoms with Crippen molar-refractivity contribution in [2.24, 2.45) is 23.7 Å². The van der Waals surface area contributed by atoms with Crippen molar-refractivity contribution in [3.8, 4) is 0 Å². The van der Waals surface area contributed by atoms with Crippen molar-refractivity contribution in [2.75, 3.05) is 21.3 Å². The van der Waals surface area contributed by atoms with Gasteiger partial charge in [-0.2, -0.15) is 0 Å². The molecule has 1 heterocycles. The Morgan fingerprint density at radius 2 is 1.78 bits per heavy atom. The Labute approximate surface area is 215 Å². The Hall–Kier alpha value is -2.71. The van der Waals surface area contributed by atoms with Crippen molar-refractivity contribution >= 4 is 17.7 Å². The maximum absolute atomic E-state index is 13.1. The van der Waals surface area contributed by atoms with E-state index in [1.807, 2.05) is 26.8 Å². The summed E-state index contributed by atoms with van der Waals surface area (Å²) in [5.41, 5.74) is 1.67. The SMILES string of the molecule is COC(=O)[C@@H](C)[C@H](O)[C@H](C)[C@H]1OC(=O)/C(OC)=C/C(C)=C/[C@@H](C)C(=O)[C@@H](C)C/C(C)=C/C=C/[C@@H]1OC. The van der Waals surface area contributed by atoms with E-state index in [1.165, 1.54) is 27.4 Å². The van der Waals surface area contributed by atoms with E-state index in [4.69, 9.17) is 18.9 Å². The molecule has 0 radical (unpaired) electrons. The molecule has 8 nitrogen and oxygen atoms in total. The van der Waals surface area contributed by atoms with Gasteiger partial charge in [0, 0.05) is 24.9 Å². The van der Waals surface area contributed by atoms with Gasteiger partial charge in [0.2, 0.25) is 5.76 Å². The van der Waals surface area contributed by atoms with Crippen LogP contribution in [0.25, 0.3) is 0 Å². The summed E-state index contributed by atoms with van der Waals surface area (Å²) in [4.78, 5) is 38.0. The van der Waals surface area contributed by atoms with E-state index in [0.29, 0.717) is 12.0 Å². The molecule has 0 saturated heterocycles. The highest BCUT2D eigenvalue weighted by Gasteiger charge is 2.38. The van der Waals surface area contributed by atoms with Crippen LogP contribution in [0.15, 0.2) is 47.3 Å². The molecule has 0 saturated carbocycles. The zero-order valence-electron chi connectivity index (χ0n) is 22.9. The molecule has 0 amide bonds. The lowest BCUT2D eigenvalue weighted by Crippen LogP contribution is -2.45. The number of carbonyl (C=O) groups excluding carboxylic acids is 3. The molecule has 1 rings (SSSR count). The van der Waals surface area contributed by atoms with Gasteiger partial charge in [0.15, 0.2) is 0 Å². The van der Waals surface area contributed by atoms with Crippen LogP contribution in [0.5, 0.6) is 0 Å². The number of rotatable bonds is 6. The molecule has 1 aliphatic heterocycles. The lowest BCUT2D eigenvalue weighted by Gasteiger charge is -2.33. The zero-order chi connectivity index (χ0) is 27.6. The quantitative estimate of drug-likeness (QED) is 0.540. The van der Waals surface area contributed by atoms with Gasteiger partial charge in [0.05, 0.1) is 26.2 Å². The summed E-state index contributed by atoms with van der Waals surface area (Å²) in [6.07, 6.45) is 6.41. The Kier molecular flexibility index (Phi) is 12.8. The molecule has 0 aromatic rings. The molecule has 202 valence electrons. The van der Waals surface area contributed by atoms with E-state index in [9.17, 15) is 19.5 Å². The van der Waals surface area contributed by atoms with Gasteiger partial charge < -0.3 is 24.1 Å². The van der Waals surface area contributed by atoms with Crippen LogP contribution in [-0.2, 0) is 33.3 Å². The standard InChI is InChI=1S/C28H42O8/c1-16-11-10-12-22(33-7)26(20(5)25(30)21(6)27(31)35-9)36-28(32)23(34-8)15-17(2)14-19(4)24(29)18(3)13-16/h10-12,14-15,18-22,25-26,30H,13H2,1-9H3/b12-10+,16-11+,17-14+,23-15-/t18-,19+,20-,21-,22-,25+,26+/m0/s1. The Morgan fingerprint density at radius 3 is 2.33 bits per heavy atom. The molecule has 1 aliphatic rings. The minimum Gasteiger partial charge on any atom is -0.490 e. The number of carbonyl (C=O) groups is 3. The molecule has 7 atom stereocenters. The van der Waals surface area contributed by atoms with Crippen LogP contribution in [0.3, 0.4) is 0 Å². The molecular weight excluding hydrogens is 464 g/mol. The fraction of sp³-hybridized carbons (Fsp3) is 0.607. The summed E-state index contributed by atoms with van der Waals surface area (Å²) in [5, 5.41) is 10.9. The smallest absolute Gasteiger partial charge is 0.373 e. The number of aliphatic hydroxyl groups excluding tert-OH is 1. The molecule has 0 aliphatic carbocycles. The van der Waals surface area contributed by atoms with Crippen molar-refractivity contribution in [1.29, 1.82) is 0 Å². The monoisotopic (exact) mass is 506 g/mol. The van der Waals surface area contributed by atoms with Gasteiger partial charge in [-0.05, 0) is 33.3 Å². The van der Waals surface area contributed by atoms with Crippen LogP contribution in [0.4, 0.5) is 0 Å². The van der Waals surface area contributed by atoms with Crippen molar-refractivity contribution in [2.45, 2.75) is 66.3 Å². The molecule has 0 aromatic heterocycles. The number of esters is 2. The summed E-state index contributed by atoms with van der Waals surface area (Å²) in [6, 6.07) is 0. The molecule has 0 fully saturated rings.